The fourth-order valence-electron chi connectivity index (χ4n) is 1.51. The molecule has 0 aromatic heterocycles. The number of carbonyl (C=O) groups excluding carboxylic acids is 1. The number of anilines is 2. The van der Waals surface area contributed by atoms with Crippen LogP contribution in [0.4, 0.5) is 24.5 Å². The molecule has 3 N–H and O–H groups in total. The summed E-state index contributed by atoms with van der Waals surface area (Å²) in [6.07, 6.45) is -5.16. The third kappa shape index (κ3) is 5.48. The van der Waals surface area contributed by atoms with Gasteiger partial charge in [0.1, 0.15) is 0 Å². The number of benzene rings is 1. The van der Waals surface area contributed by atoms with Gasteiger partial charge >= 0.3 is 6.18 Å². The molecule has 1 aromatic carbocycles. The molecule has 0 radical (unpaired) electrons. The van der Waals surface area contributed by atoms with Crippen molar-refractivity contribution in [2.45, 2.75) is 25.6 Å². The second kappa shape index (κ2) is 6.60. The van der Waals surface area contributed by atoms with Crippen molar-refractivity contribution in [2.75, 3.05) is 24.6 Å². The second-order valence-corrected chi connectivity index (χ2v) is 4.63. The van der Waals surface area contributed by atoms with Crippen molar-refractivity contribution in [3.63, 3.8) is 0 Å². The number of nitrogens with one attached hydrogen (secondary N) is 1. The largest absolute Gasteiger partial charge is 0.399 e. The number of halogens is 3. The Kier molecular flexibility index (Phi) is 5.38. The molecule has 0 spiro atoms. The quantitative estimate of drug-likeness (QED) is 0.819. The highest BCUT2D eigenvalue weighted by atomic mass is 19.4. The SMILES string of the molecule is CC(C(=O)Nc1ccc(N)cc1)N(C)CCC(F)(F)F. The Labute approximate surface area is 115 Å². The van der Waals surface area contributed by atoms with E-state index in [1.54, 1.807) is 31.2 Å². The van der Waals surface area contributed by atoms with Crippen LogP contribution < -0.4 is 11.1 Å². The number of hydrogen-bond donors (Lipinski definition) is 2. The molecule has 0 saturated heterocycles. The molecule has 0 heterocycles. The zero-order chi connectivity index (χ0) is 15.3. The second-order valence-electron chi connectivity index (χ2n) is 4.63. The van der Waals surface area contributed by atoms with E-state index in [0.717, 1.165) is 0 Å². The van der Waals surface area contributed by atoms with Crippen LogP contribution in [-0.4, -0.2) is 36.6 Å². The van der Waals surface area contributed by atoms with Gasteiger partial charge in [-0.2, -0.15) is 13.2 Å². The van der Waals surface area contributed by atoms with Crippen LogP contribution in [0.25, 0.3) is 0 Å². The van der Waals surface area contributed by atoms with Crippen LogP contribution in [0.3, 0.4) is 0 Å². The van der Waals surface area contributed by atoms with Gasteiger partial charge in [-0.3, -0.25) is 9.69 Å². The Bertz CT molecular complexity index is 445. The van der Waals surface area contributed by atoms with E-state index in [1.807, 2.05) is 0 Å². The topological polar surface area (TPSA) is 58.4 Å². The number of alkyl halides is 3. The number of nitrogens with two attached hydrogens (primary N) is 1. The zero-order valence-electron chi connectivity index (χ0n) is 11.4. The minimum atomic E-state index is -4.22. The van der Waals surface area contributed by atoms with E-state index >= 15 is 0 Å². The van der Waals surface area contributed by atoms with Crippen molar-refractivity contribution in [1.82, 2.24) is 4.90 Å². The first-order valence-electron chi connectivity index (χ1n) is 6.12. The summed E-state index contributed by atoms with van der Waals surface area (Å²) in [5.41, 5.74) is 6.64. The molecular formula is C13H18F3N3O. The summed E-state index contributed by atoms with van der Waals surface area (Å²) < 4.78 is 36.4. The average Bonchev–Trinajstić information content (AvgIpc) is 2.36. The standard InChI is InChI=1S/C13H18F3N3O/c1-9(19(2)8-7-13(14,15)16)12(20)18-11-5-3-10(17)4-6-11/h3-6,9H,7-8,17H2,1-2H3,(H,18,20). The molecule has 0 saturated carbocycles. The van der Waals surface area contributed by atoms with Gasteiger partial charge in [-0.1, -0.05) is 0 Å². The lowest BCUT2D eigenvalue weighted by atomic mass is 10.2. The lowest BCUT2D eigenvalue weighted by Gasteiger charge is -2.24. The number of nitrogen functional groups attached to an aromatic ring is 1. The van der Waals surface area contributed by atoms with Crippen LogP contribution in [0.2, 0.25) is 0 Å². The minimum absolute atomic E-state index is 0.222. The fourth-order valence-corrected chi connectivity index (χ4v) is 1.51. The van der Waals surface area contributed by atoms with E-state index in [0.29, 0.717) is 11.4 Å². The number of carbonyl (C=O) groups is 1. The molecule has 1 amide bonds. The third-order valence-electron chi connectivity index (χ3n) is 2.97. The van der Waals surface area contributed by atoms with Crippen molar-refractivity contribution in [3.05, 3.63) is 24.3 Å². The monoisotopic (exact) mass is 289 g/mol. The van der Waals surface area contributed by atoms with Crippen LogP contribution in [0, 0.1) is 0 Å². The molecule has 112 valence electrons. The maximum atomic E-state index is 12.1. The molecule has 0 aliphatic rings. The average molecular weight is 289 g/mol. The Balaban J connectivity index is 2.51. The Morgan fingerprint density at radius 2 is 1.90 bits per heavy atom. The molecule has 0 aliphatic carbocycles. The van der Waals surface area contributed by atoms with Crippen LogP contribution in [0.5, 0.6) is 0 Å². The molecule has 1 rings (SSSR count). The van der Waals surface area contributed by atoms with Crippen molar-refractivity contribution >= 4 is 17.3 Å². The molecule has 1 unspecified atom stereocenters. The first-order chi connectivity index (χ1) is 9.19. The Hall–Kier alpha value is -1.76. The van der Waals surface area contributed by atoms with Crippen LogP contribution in [0.1, 0.15) is 13.3 Å². The van der Waals surface area contributed by atoms with Gasteiger partial charge in [0.05, 0.1) is 12.5 Å². The van der Waals surface area contributed by atoms with Crippen molar-refractivity contribution < 1.29 is 18.0 Å². The van der Waals surface area contributed by atoms with Crippen LogP contribution >= 0.6 is 0 Å². The van der Waals surface area contributed by atoms with E-state index < -0.39 is 18.6 Å². The fraction of sp³-hybridized carbons (Fsp3) is 0.462. The first kappa shape index (κ1) is 16.3. The molecule has 1 aromatic rings. The third-order valence-corrected chi connectivity index (χ3v) is 2.97. The van der Waals surface area contributed by atoms with E-state index in [2.05, 4.69) is 5.32 Å². The van der Waals surface area contributed by atoms with Crippen molar-refractivity contribution in [3.8, 4) is 0 Å². The van der Waals surface area contributed by atoms with E-state index in [4.69, 9.17) is 5.73 Å². The minimum Gasteiger partial charge on any atom is -0.399 e. The van der Waals surface area contributed by atoms with E-state index in [-0.39, 0.29) is 12.5 Å². The highest BCUT2D eigenvalue weighted by molar-refractivity contribution is 5.94. The van der Waals surface area contributed by atoms with Gasteiger partial charge in [-0.05, 0) is 38.2 Å². The molecular weight excluding hydrogens is 271 g/mol. The number of amides is 1. The number of hydrogen-bond acceptors (Lipinski definition) is 3. The van der Waals surface area contributed by atoms with Crippen LogP contribution in [-0.2, 0) is 4.79 Å². The first-order valence-corrected chi connectivity index (χ1v) is 6.12. The van der Waals surface area contributed by atoms with E-state index in [1.165, 1.54) is 11.9 Å². The Morgan fingerprint density at radius 1 is 1.35 bits per heavy atom. The summed E-state index contributed by atoms with van der Waals surface area (Å²) in [5, 5.41) is 2.63. The summed E-state index contributed by atoms with van der Waals surface area (Å²) in [6, 6.07) is 5.88. The smallest absolute Gasteiger partial charge is 0.390 e. The van der Waals surface area contributed by atoms with Gasteiger partial charge in [-0.25, -0.2) is 0 Å². The van der Waals surface area contributed by atoms with Gasteiger partial charge < -0.3 is 11.1 Å². The normalized spacial score (nSPS) is 13.3. The predicted molar refractivity (Wildman–Crippen MR) is 72.2 cm³/mol. The van der Waals surface area contributed by atoms with E-state index in [9.17, 15) is 18.0 Å². The van der Waals surface area contributed by atoms with Gasteiger partial charge in [0.15, 0.2) is 0 Å². The molecule has 0 fully saturated rings. The maximum absolute atomic E-state index is 12.1. The molecule has 7 heteroatoms. The van der Waals surface area contributed by atoms with Gasteiger partial charge in [0.25, 0.3) is 0 Å². The van der Waals surface area contributed by atoms with Gasteiger partial charge in [0.2, 0.25) is 5.91 Å². The molecule has 20 heavy (non-hydrogen) atoms. The maximum Gasteiger partial charge on any atom is 0.390 e. The van der Waals surface area contributed by atoms with Crippen LogP contribution in [0.15, 0.2) is 24.3 Å². The Morgan fingerprint density at radius 3 is 2.40 bits per heavy atom. The molecule has 0 bridgehead atoms. The highest BCUT2D eigenvalue weighted by Crippen LogP contribution is 2.20. The summed E-state index contributed by atoms with van der Waals surface area (Å²) >= 11 is 0. The van der Waals surface area contributed by atoms with Crippen molar-refractivity contribution in [2.24, 2.45) is 0 Å². The summed E-state index contributed by atoms with van der Waals surface area (Å²) in [4.78, 5) is 13.3. The lowest BCUT2D eigenvalue weighted by Crippen LogP contribution is -2.41. The molecule has 1 atom stereocenters. The highest BCUT2D eigenvalue weighted by Gasteiger charge is 2.29. The summed E-state index contributed by atoms with van der Waals surface area (Å²) in [5.74, 6) is -0.362. The number of rotatable bonds is 5. The molecule has 4 nitrogen and oxygen atoms in total. The molecule has 0 aliphatic heterocycles. The summed E-state index contributed by atoms with van der Waals surface area (Å²) in [7, 11) is 1.49. The lowest BCUT2D eigenvalue weighted by molar-refractivity contribution is -0.140. The predicted octanol–water partition coefficient (Wildman–Crippen LogP) is 2.48. The summed E-state index contributed by atoms with van der Waals surface area (Å²) in [6.45, 7) is 1.34. The van der Waals surface area contributed by atoms with Gasteiger partial charge in [-0.15, -0.1) is 0 Å². The number of nitrogens with zero attached hydrogens (tertiary/aromatic N) is 1. The van der Waals surface area contributed by atoms with Gasteiger partial charge in [0, 0.05) is 17.9 Å². The zero-order valence-corrected chi connectivity index (χ0v) is 11.4. The number of likely N-dealkylation sites (N-methyl/N-ethyl adjacent to an activating group) is 1. The van der Waals surface area contributed by atoms with Crippen molar-refractivity contribution in [1.29, 1.82) is 0 Å².